The van der Waals surface area contributed by atoms with Crippen molar-refractivity contribution in [3.63, 3.8) is 0 Å². The number of rotatable bonds is 8. The normalized spacial score (nSPS) is 30.4. The van der Waals surface area contributed by atoms with Crippen molar-refractivity contribution in [3.8, 4) is 11.5 Å². The van der Waals surface area contributed by atoms with Crippen LogP contribution in [0.2, 0.25) is 0 Å². The zero-order valence-electron chi connectivity index (χ0n) is 25.4. The molecule has 6 N–H and O–H groups in total. The van der Waals surface area contributed by atoms with E-state index in [1.807, 2.05) is 38.1 Å². The van der Waals surface area contributed by atoms with E-state index in [0.717, 1.165) is 27.2 Å². The Morgan fingerprint density at radius 1 is 0.660 bits per heavy atom. The molecule has 0 amide bonds. The second-order valence-corrected chi connectivity index (χ2v) is 17.8. The first-order valence-corrected chi connectivity index (χ1v) is 20.8. The SMILES string of the molecule is CC.CC1(C)OC2OC(C(O)COc3c(I)cc(I)cc3I)C(O)C2O1.OC(COc1c(I)cc(I)cc1I)C1OC(O)C(O)C1O. The van der Waals surface area contributed by atoms with Crippen molar-refractivity contribution in [3.05, 3.63) is 45.7 Å². The highest BCUT2D eigenvalue weighted by Gasteiger charge is 2.56. The van der Waals surface area contributed by atoms with Gasteiger partial charge in [-0.05, 0) is 174 Å². The molecule has 0 saturated carbocycles. The second kappa shape index (κ2) is 19.4. The lowest BCUT2D eigenvalue weighted by molar-refractivity contribution is -0.227. The molecule has 0 aromatic heterocycles. The summed E-state index contributed by atoms with van der Waals surface area (Å²) in [5.74, 6) is 0.567. The van der Waals surface area contributed by atoms with Crippen LogP contribution in [0.15, 0.2) is 24.3 Å². The fraction of sp³-hybridized carbons (Fsp3) is 0.586. The lowest BCUT2D eigenvalue weighted by atomic mass is 10.1. The van der Waals surface area contributed by atoms with Gasteiger partial charge in [0.15, 0.2) is 18.4 Å². The van der Waals surface area contributed by atoms with Gasteiger partial charge in [0.2, 0.25) is 0 Å². The molecule has 10 atom stereocenters. The molecule has 3 saturated heterocycles. The van der Waals surface area contributed by atoms with Gasteiger partial charge in [-0.1, -0.05) is 13.8 Å². The van der Waals surface area contributed by atoms with Gasteiger partial charge in [-0.25, -0.2) is 0 Å². The maximum Gasteiger partial charge on any atom is 0.190 e. The molecule has 0 radical (unpaired) electrons. The molecule has 0 spiro atoms. The van der Waals surface area contributed by atoms with Crippen molar-refractivity contribution in [2.45, 2.75) is 94.9 Å². The monoisotopic (exact) mass is 1340 g/mol. The molecule has 266 valence electrons. The highest BCUT2D eigenvalue weighted by molar-refractivity contribution is 14.1. The molecular weight excluding hydrogens is 1300 g/mol. The Bertz CT molecular complexity index is 1290. The van der Waals surface area contributed by atoms with E-state index < -0.39 is 67.2 Å². The van der Waals surface area contributed by atoms with Gasteiger partial charge in [0, 0.05) is 7.14 Å². The number of aliphatic hydroxyl groups is 6. The van der Waals surface area contributed by atoms with Crippen LogP contribution in [-0.2, 0) is 18.9 Å². The van der Waals surface area contributed by atoms with Crippen molar-refractivity contribution >= 4 is 136 Å². The summed E-state index contributed by atoms with van der Waals surface area (Å²) in [6.07, 6.45) is -10.6. The first-order valence-electron chi connectivity index (χ1n) is 14.3. The Balaban J connectivity index is 0.000000245. The highest BCUT2D eigenvalue weighted by Crippen LogP contribution is 2.39. The number of hydrogen-bond acceptors (Lipinski definition) is 12. The molecule has 5 rings (SSSR count). The van der Waals surface area contributed by atoms with Gasteiger partial charge in [0.1, 0.15) is 73.5 Å². The molecule has 3 aliphatic heterocycles. The number of aliphatic hydroxyl groups excluding tert-OH is 6. The van der Waals surface area contributed by atoms with E-state index in [-0.39, 0.29) is 13.2 Å². The summed E-state index contributed by atoms with van der Waals surface area (Å²) in [6.45, 7) is 7.41. The molecule has 0 aliphatic carbocycles. The van der Waals surface area contributed by atoms with E-state index in [1.165, 1.54) is 0 Å². The van der Waals surface area contributed by atoms with Crippen molar-refractivity contribution in [1.82, 2.24) is 0 Å². The van der Waals surface area contributed by atoms with Gasteiger partial charge in [0.05, 0.1) is 14.3 Å². The third-order valence-electron chi connectivity index (χ3n) is 6.81. The minimum atomic E-state index is -1.50. The Kier molecular flexibility index (Phi) is 17.9. The van der Waals surface area contributed by atoms with Crippen LogP contribution in [0.4, 0.5) is 0 Å². The summed E-state index contributed by atoms with van der Waals surface area (Å²) < 4.78 is 39.1. The van der Waals surface area contributed by atoms with E-state index >= 15 is 0 Å². The van der Waals surface area contributed by atoms with Crippen LogP contribution in [0.25, 0.3) is 0 Å². The Labute approximate surface area is 355 Å². The van der Waals surface area contributed by atoms with Crippen LogP contribution >= 0.6 is 136 Å². The molecule has 3 aliphatic rings. The quantitative estimate of drug-likeness (QED) is 0.209. The predicted molar refractivity (Wildman–Crippen MR) is 221 cm³/mol. The molecular formula is C29H36I6O12. The molecule has 10 unspecified atom stereocenters. The summed E-state index contributed by atoms with van der Waals surface area (Å²) in [4.78, 5) is 0. The zero-order chi connectivity index (χ0) is 35.4. The van der Waals surface area contributed by atoms with Crippen LogP contribution in [0.5, 0.6) is 11.5 Å². The maximum absolute atomic E-state index is 10.4. The smallest absolute Gasteiger partial charge is 0.190 e. The van der Waals surface area contributed by atoms with E-state index in [9.17, 15) is 30.6 Å². The summed E-state index contributed by atoms with van der Waals surface area (Å²) >= 11 is 13.1. The van der Waals surface area contributed by atoms with Crippen molar-refractivity contribution < 1.29 is 59.1 Å². The molecule has 3 heterocycles. The lowest BCUT2D eigenvalue weighted by Crippen LogP contribution is -2.43. The third kappa shape index (κ3) is 11.5. The van der Waals surface area contributed by atoms with E-state index in [1.54, 1.807) is 13.8 Å². The minimum Gasteiger partial charge on any atom is -0.489 e. The Hall–Kier alpha value is 2.02. The number of fused-ring (bicyclic) bond motifs is 1. The van der Waals surface area contributed by atoms with Gasteiger partial charge < -0.3 is 59.1 Å². The molecule has 12 nitrogen and oxygen atoms in total. The summed E-state index contributed by atoms with van der Waals surface area (Å²) in [7, 11) is 0. The largest absolute Gasteiger partial charge is 0.489 e. The summed E-state index contributed by atoms with van der Waals surface area (Å²) in [5, 5.41) is 59.1. The molecule has 2 aromatic rings. The highest BCUT2D eigenvalue weighted by atomic mass is 127. The average molecular weight is 1340 g/mol. The molecule has 2 aromatic carbocycles. The predicted octanol–water partition coefficient (Wildman–Crippen LogP) is 4.18. The Morgan fingerprint density at radius 2 is 1.06 bits per heavy atom. The first kappa shape index (κ1) is 43.4. The van der Waals surface area contributed by atoms with E-state index in [0.29, 0.717) is 5.75 Å². The average Bonchev–Trinajstić information content (AvgIpc) is 3.55. The molecule has 47 heavy (non-hydrogen) atoms. The van der Waals surface area contributed by atoms with Crippen molar-refractivity contribution in [2.24, 2.45) is 0 Å². The molecule has 0 bridgehead atoms. The van der Waals surface area contributed by atoms with E-state index in [4.69, 9.17) is 28.4 Å². The summed E-state index contributed by atoms with van der Waals surface area (Å²) in [6, 6.07) is 7.89. The van der Waals surface area contributed by atoms with Crippen LogP contribution in [0, 0.1) is 21.4 Å². The number of halogens is 6. The third-order valence-corrected chi connectivity index (χ3v) is 11.3. The van der Waals surface area contributed by atoms with Gasteiger partial charge >= 0.3 is 0 Å². The van der Waals surface area contributed by atoms with Crippen LogP contribution in [0.3, 0.4) is 0 Å². The molecule has 18 heteroatoms. The van der Waals surface area contributed by atoms with Crippen molar-refractivity contribution in [2.75, 3.05) is 13.2 Å². The van der Waals surface area contributed by atoms with Gasteiger partial charge in [-0.3, -0.25) is 0 Å². The Morgan fingerprint density at radius 3 is 1.43 bits per heavy atom. The van der Waals surface area contributed by atoms with Crippen LogP contribution in [0.1, 0.15) is 27.7 Å². The van der Waals surface area contributed by atoms with Gasteiger partial charge in [-0.15, -0.1) is 0 Å². The lowest BCUT2D eigenvalue weighted by Gasteiger charge is -2.26. The van der Waals surface area contributed by atoms with Crippen LogP contribution in [-0.4, -0.2) is 111 Å². The maximum atomic E-state index is 10.4. The van der Waals surface area contributed by atoms with E-state index in [2.05, 4.69) is 136 Å². The van der Waals surface area contributed by atoms with Gasteiger partial charge in [0.25, 0.3) is 0 Å². The minimum absolute atomic E-state index is 0.0111. The standard InChI is InChI=1S/C15H17I3O6.C12H13I3O6.C2H6/c1-15(2)23-13-10(20)12(22-14(13)24-15)9(19)5-21-11-7(17)3-6(16)4-8(11)18;13-4-1-5(14)10(6(15)2-4)20-3-7(16)11-8(17)9(18)12(19)21-11;1-2/h3-4,9-10,12-14,19-20H,5H2,1-2H3;1-2,7-9,11-12,16-19H,3H2;1-2H3. The van der Waals surface area contributed by atoms with Crippen molar-refractivity contribution in [1.29, 1.82) is 0 Å². The number of benzene rings is 2. The first-order chi connectivity index (χ1) is 22.0. The fourth-order valence-electron chi connectivity index (χ4n) is 4.70. The van der Waals surface area contributed by atoms with Gasteiger partial charge in [-0.2, -0.15) is 0 Å². The molecule has 3 fully saturated rings. The van der Waals surface area contributed by atoms with Crippen LogP contribution < -0.4 is 9.47 Å². The number of hydrogen-bond donors (Lipinski definition) is 6. The topological polar surface area (TPSA) is 177 Å². The fourth-order valence-corrected chi connectivity index (χ4v) is 12.5. The zero-order valence-corrected chi connectivity index (χ0v) is 38.3. The summed E-state index contributed by atoms with van der Waals surface area (Å²) in [5.41, 5.74) is 0. The number of ether oxygens (including phenoxy) is 6. The second-order valence-electron chi connectivity index (χ2n) is 10.7.